The van der Waals surface area contributed by atoms with Gasteiger partial charge in [-0.3, -0.25) is 4.79 Å². The van der Waals surface area contributed by atoms with Gasteiger partial charge in [-0.15, -0.1) is 4.91 Å². The van der Waals surface area contributed by atoms with Crippen molar-refractivity contribution in [2.75, 3.05) is 0 Å². The van der Waals surface area contributed by atoms with Crippen LogP contribution in [0.5, 0.6) is 0 Å². The van der Waals surface area contributed by atoms with E-state index in [1.54, 1.807) is 24.3 Å². The molecule has 0 aliphatic rings. The van der Waals surface area contributed by atoms with Crippen LogP contribution in [0, 0.1) is 33.5 Å². The maximum Gasteiger partial charge on any atom is 0.191 e. The van der Waals surface area contributed by atoms with Crippen LogP contribution in [-0.4, -0.2) is 5.78 Å². The lowest BCUT2D eigenvalue weighted by atomic mass is 10.00. The van der Waals surface area contributed by atoms with Crippen molar-refractivity contribution in [1.82, 2.24) is 0 Å². The Kier molecular flexibility index (Phi) is 3.88. The smallest absolute Gasteiger partial charge is 0.191 e. The summed E-state index contributed by atoms with van der Waals surface area (Å²) in [6, 6.07) is 9.40. The predicted molar refractivity (Wildman–Crippen MR) is 55.3 cm³/mol. The number of nitroso groups, excluding NO2 is 1. The molecule has 1 aromatic rings. The average Bonchev–Trinajstić information content (AvgIpc) is 2.31. The molecule has 0 spiro atoms. The third kappa shape index (κ3) is 2.73. The van der Waals surface area contributed by atoms with E-state index < -0.39 is 11.7 Å². The number of nitrogens with zero attached hydrogens (tertiary/aromatic N) is 3. The number of nitriles is 2. The fraction of sp³-hybridized carbons (Fsp3) is 0.182. The molecule has 0 radical (unpaired) electrons. The first kappa shape index (κ1) is 11.5. The van der Waals surface area contributed by atoms with Crippen molar-refractivity contribution in [2.45, 2.75) is 6.42 Å². The molecule has 0 saturated carbocycles. The van der Waals surface area contributed by atoms with E-state index in [-0.39, 0.29) is 12.1 Å². The van der Waals surface area contributed by atoms with Crippen molar-refractivity contribution >= 4 is 11.5 Å². The van der Waals surface area contributed by atoms with E-state index in [2.05, 4.69) is 5.18 Å². The Morgan fingerprint density at radius 2 is 2.06 bits per heavy atom. The topological polar surface area (TPSA) is 94.1 Å². The Morgan fingerprint density at radius 1 is 1.38 bits per heavy atom. The zero-order valence-electron chi connectivity index (χ0n) is 8.25. The van der Waals surface area contributed by atoms with Crippen LogP contribution in [0.3, 0.4) is 0 Å². The highest BCUT2D eigenvalue weighted by Crippen LogP contribution is 2.15. The van der Waals surface area contributed by atoms with E-state index in [1.165, 1.54) is 12.1 Å². The van der Waals surface area contributed by atoms with Crippen LogP contribution in [0.25, 0.3) is 0 Å². The van der Waals surface area contributed by atoms with Crippen molar-refractivity contribution in [1.29, 1.82) is 10.5 Å². The van der Waals surface area contributed by atoms with Gasteiger partial charge in [-0.05, 0) is 22.9 Å². The molecule has 0 saturated heterocycles. The van der Waals surface area contributed by atoms with Gasteiger partial charge in [-0.1, -0.05) is 12.1 Å². The van der Waals surface area contributed by atoms with E-state index in [0.717, 1.165) is 0 Å². The summed E-state index contributed by atoms with van der Waals surface area (Å²) in [6.45, 7) is 0. The first-order chi connectivity index (χ1) is 7.71. The second-order valence-corrected chi connectivity index (χ2v) is 3.10. The van der Waals surface area contributed by atoms with Crippen molar-refractivity contribution in [3.05, 3.63) is 34.7 Å². The SMILES string of the molecule is N#CC(C#N)C(=O)Cc1cccc(N=O)c1. The van der Waals surface area contributed by atoms with Crippen LogP contribution in [0.2, 0.25) is 0 Å². The molecule has 0 aliphatic carbocycles. The van der Waals surface area contributed by atoms with Gasteiger partial charge in [0.15, 0.2) is 11.7 Å². The third-order valence-corrected chi connectivity index (χ3v) is 1.97. The molecule has 0 aromatic heterocycles. The zero-order chi connectivity index (χ0) is 12.0. The van der Waals surface area contributed by atoms with E-state index in [1.807, 2.05) is 0 Å². The maximum absolute atomic E-state index is 11.4. The number of rotatable bonds is 4. The van der Waals surface area contributed by atoms with Gasteiger partial charge in [-0.2, -0.15) is 10.5 Å². The number of hydrogen-bond acceptors (Lipinski definition) is 5. The molecule has 0 bridgehead atoms. The summed E-state index contributed by atoms with van der Waals surface area (Å²) >= 11 is 0. The molecule has 1 rings (SSSR count). The maximum atomic E-state index is 11.4. The van der Waals surface area contributed by atoms with Crippen LogP contribution >= 0.6 is 0 Å². The number of ketones is 1. The first-order valence-electron chi connectivity index (χ1n) is 4.45. The molecule has 16 heavy (non-hydrogen) atoms. The van der Waals surface area contributed by atoms with Crippen LogP contribution in [0.15, 0.2) is 29.4 Å². The largest absolute Gasteiger partial charge is 0.297 e. The van der Waals surface area contributed by atoms with Crippen molar-refractivity contribution < 1.29 is 4.79 Å². The van der Waals surface area contributed by atoms with E-state index >= 15 is 0 Å². The highest BCUT2D eigenvalue weighted by atomic mass is 16.3. The Morgan fingerprint density at radius 3 is 2.62 bits per heavy atom. The predicted octanol–water partition coefficient (Wildman–Crippen LogP) is 1.86. The minimum absolute atomic E-state index is 0.0465. The lowest BCUT2D eigenvalue weighted by Crippen LogP contribution is -2.13. The molecule has 0 heterocycles. The summed E-state index contributed by atoms with van der Waals surface area (Å²) in [6.07, 6.45) is -0.0465. The van der Waals surface area contributed by atoms with Gasteiger partial charge in [0.05, 0.1) is 12.1 Å². The Balaban J connectivity index is 2.82. The summed E-state index contributed by atoms with van der Waals surface area (Å²) in [4.78, 5) is 21.7. The fourth-order valence-electron chi connectivity index (χ4n) is 1.20. The van der Waals surface area contributed by atoms with E-state index in [9.17, 15) is 9.70 Å². The lowest BCUT2D eigenvalue weighted by molar-refractivity contribution is -0.119. The molecule has 0 N–H and O–H groups in total. The fourth-order valence-corrected chi connectivity index (χ4v) is 1.20. The lowest BCUT2D eigenvalue weighted by Gasteiger charge is -2.00. The van der Waals surface area contributed by atoms with Gasteiger partial charge >= 0.3 is 0 Å². The Labute approximate surface area is 91.9 Å². The van der Waals surface area contributed by atoms with Gasteiger partial charge in [0.2, 0.25) is 0 Å². The van der Waals surface area contributed by atoms with E-state index in [0.29, 0.717) is 5.56 Å². The van der Waals surface area contributed by atoms with Crippen molar-refractivity contribution in [2.24, 2.45) is 11.1 Å². The monoisotopic (exact) mass is 213 g/mol. The minimum Gasteiger partial charge on any atom is -0.297 e. The Bertz CT molecular complexity index is 483. The van der Waals surface area contributed by atoms with E-state index in [4.69, 9.17) is 10.5 Å². The van der Waals surface area contributed by atoms with Crippen LogP contribution in [-0.2, 0) is 11.2 Å². The second kappa shape index (κ2) is 5.38. The zero-order valence-corrected chi connectivity index (χ0v) is 8.25. The van der Waals surface area contributed by atoms with Gasteiger partial charge in [0, 0.05) is 6.42 Å². The molecule has 0 unspecified atom stereocenters. The molecule has 0 atom stereocenters. The molecular weight excluding hydrogens is 206 g/mol. The number of carbonyl (C=O) groups is 1. The number of benzene rings is 1. The molecular formula is C11H7N3O2. The van der Waals surface area contributed by atoms with Gasteiger partial charge in [0.1, 0.15) is 5.69 Å². The molecule has 5 nitrogen and oxygen atoms in total. The average molecular weight is 213 g/mol. The number of carbonyl (C=O) groups excluding carboxylic acids is 1. The van der Waals surface area contributed by atoms with Gasteiger partial charge in [-0.25, -0.2) is 0 Å². The molecule has 0 aliphatic heterocycles. The van der Waals surface area contributed by atoms with Crippen molar-refractivity contribution in [3.63, 3.8) is 0 Å². The summed E-state index contributed by atoms with van der Waals surface area (Å²) in [5, 5.41) is 19.8. The summed E-state index contributed by atoms with van der Waals surface area (Å²) < 4.78 is 0. The number of hydrogen-bond donors (Lipinski definition) is 0. The third-order valence-electron chi connectivity index (χ3n) is 1.97. The second-order valence-electron chi connectivity index (χ2n) is 3.10. The molecule has 0 fully saturated rings. The van der Waals surface area contributed by atoms with Crippen LogP contribution in [0.1, 0.15) is 5.56 Å². The molecule has 1 aromatic carbocycles. The molecule has 0 amide bonds. The summed E-state index contributed by atoms with van der Waals surface area (Å²) in [5.41, 5.74) is 0.786. The number of Topliss-reactive ketones (excluding diaryl/α,β-unsaturated/α-hetero) is 1. The molecule has 5 heteroatoms. The van der Waals surface area contributed by atoms with Crippen LogP contribution < -0.4 is 0 Å². The highest BCUT2D eigenvalue weighted by Gasteiger charge is 2.17. The van der Waals surface area contributed by atoms with Gasteiger partial charge < -0.3 is 0 Å². The quantitative estimate of drug-likeness (QED) is 0.713. The normalized spacial score (nSPS) is 9.19. The summed E-state index contributed by atoms with van der Waals surface area (Å²) in [5.74, 6) is -1.74. The highest BCUT2D eigenvalue weighted by molar-refractivity contribution is 5.87. The van der Waals surface area contributed by atoms with Gasteiger partial charge in [0.25, 0.3) is 0 Å². The summed E-state index contributed by atoms with van der Waals surface area (Å²) in [7, 11) is 0. The Hall–Kier alpha value is -2.53. The minimum atomic E-state index is -1.26. The van der Waals surface area contributed by atoms with Crippen molar-refractivity contribution in [3.8, 4) is 12.1 Å². The first-order valence-corrected chi connectivity index (χ1v) is 4.45. The molecule has 78 valence electrons. The standard InChI is InChI=1S/C11H7N3O2/c12-6-9(7-13)11(15)5-8-2-1-3-10(4-8)14-16/h1-4,9H,5H2. The van der Waals surface area contributed by atoms with Crippen LogP contribution in [0.4, 0.5) is 5.69 Å².